The Morgan fingerprint density at radius 2 is 1.02 bits per heavy atom. The standard InChI is InChI=1S/C50H86F3N7O23/c51-50(52,53)41-27-55-28-43(60-41)59-37-31-83-40(49(68)47(37)66)33-79-24-20-74-18-16-72-14-12-70-10-5-57-45(64)3-7-77-30-36(58-46(65)35-81-26-22-75-21-25-80-34-42(54)62)29-76-6-2-44(63)56-4-9-69-11-13-71-15-17-73-19-23-78-32-39-48(67)38(61)1-8-82-39/h27-28,36-40,47-49,61,66-68H,1-26,29-35H2,(H2,54,62)(H,56,63)(H,57,64)(H,58,65)(H,59,60)/t36?,37-,38+,39+,40+,47+,48+,49-/m0/s1. The summed E-state index contributed by atoms with van der Waals surface area (Å²) in [4.78, 5) is 55.1. The number of nitrogens with one attached hydrogen (secondary N) is 4. The third-order valence-corrected chi connectivity index (χ3v) is 11.5. The number of ether oxygens (including phenoxy) is 15. The Morgan fingerprint density at radius 1 is 0.566 bits per heavy atom. The molecule has 2 aliphatic rings. The van der Waals surface area contributed by atoms with Crippen molar-refractivity contribution in [1.29, 1.82) is 0 Å². The number of aliphatic hydroxyl groups excluding tert-OH is 4. The van der Waals surface area contributed by atoms with E-state index in [0.29, 0.717) is 58.9 Å². The van der Waals surface area contributed by atoms with Crippen LogP contribution in [0.2, 0.25) is 0 Å². The number of carbonyl (C=O) groups is 4. The van der Waals surface area contributed by atoms with Gasteiger partial charge >= 0.3 is 6.18 Å². The van der Waals surface area contributed by atoms with Gasteiger partial charge in [0.25, 0.3) is 0 Å². The monoisotopic (exact) mass is 1210 g/mol. The van der Waals surface area contributed by atoms with Gasteiger partial charge in [0.1, 0.15) is 49.6 Å². The van der Waals surface area contributed by atoms with E-state index in [1.807, 2.05) is 0 Å². The maximum absolute atomic E-state index is 13.0. The Hall–Kier alpha value is -4.21. The van der Waals surface area contributed by atoms with Gasteiger partial charge < -0.3 is 118 Å². The molecule has 30 nitrogen and oxygen atoms in total. The van der Waals surface area contributed by atoms with Crippen LogP contribution < -0.4 is 27.0 Å². The number of primary amides is 1. The molecule has 10 N–H and O–H groups in total. The molecule has 2 saturated heterocycles. The van der Waals surface area contributed by atoms with Crippen molar-refractivity contribution in [2.24, 2.45) is 5.73 Å². The average Bonchev–Trinajstić information content (AvgIpc) is 3.66. The average molecular weight is 1210 g/mol. The van der Waals surface area contributed by atoms with Gasteiger partial charge in [-0.1, -0.05) is 0 Å². The van der Waals surface area contributed by atoms with Crippen molar-refractivity contribution in [1.82, 2.24) is 25.9 Å². The van der Waals surface area contributed by atoms with E-state index in [-0.39, 0.29) is 182 Å². The van der Waals surface area contributed by atoms with E-state index in [1.54, 1.807) is 0 Å². The molecule has 8 atom stereocenters. The zero-order valence-electron chi connectivity index (χ0n) is 46.8. The van der Waals surface area contributed by atoms with Gasteiger partial charge in [0.05, 0.1) is 196 Å². The SMILES string of the molecule is NC(=O)COCCOCCOCC(=O)NC(COCCC(=O)NCCOCCOCCOCCOC[C@H]1OC[C@H](Nc2cncc(C(F)(F)F)n2)[C@@H](O)[C@H]1O)COCCC(=O)NCCOCCOCCOCCOC[C@H]1OCC[C@@H](O)[C@H]1O. The first-order chi connectivity index (χ1) is 40.1. The summed E-state index contributed by atoms with van der Waals surface area (Å²) in [6.45, 7) is 4.91. The Kier molecular flexibility index (Phi) is 40.5. The topological polar surface area (TPSA) is 388 Å². The molecular formula is C50H86F3N7O23. The predicted octanol–water partition coefficient (Wildman–Crippen LogP) is -3.89. The van der Waals surface area contributed by atoms with Gasteiger partial charge in [-0.05, 0) is 6.42 Å². The summed E-state index contributed by atoms with van der Waals surface area (Å²) in [5.41, 5.74) is 3.80. The number of aliphatic hydroxyl groups is 4. The summed E-state index contributed by atoms with van der Waals surface area (Å²) in [5, 5.41) is 51.4. The molecule has 4 amide bonds. The lowest BCUT2D eigenvalue weighted by Gasteiger charge is -2.38. The molecule has 0 aliphatic carbocycles. The molecule has 480 valence electrons. The molecule has 1 aromatic rings. The Labute approximate surface area is 479 Å². The van der Waals surface area contributed by atoms with E-state index in [0.717, 1.165) is 6.20 Å². The zero-order valence-corrected chi connectivity index (χ0v) is 46.8. The smallest absolute Gasteiger partial charge is 0.390 e. The first kappa shape index (κ1) is 73.0. The molecule has 83 heavy (non-hydrogen) atoms. The number of anilines is 1. The Morgan fingerprint density at radius 3 is 1.52 bits per heavy atom. The summed E-state index contributed by atoms with van der Waals surface area (Å²) in [5.74, 6) is -1.84. The Bertz CT molecular complexity index is 1860. The van der Waals surface area contributed by atoms with Crippen LogP contribution in [0, 0.1) is 0 Å². The van der Waals surface area contributed by atoms with E-state index in [1.165, 1.54) is 0 Å². The summed E-state index contributed by atoms with van der Waals surface area (Å²) in [6, 6.07) is -1.59. The van der Waals surface area contributed by atoms with Crippen molar-refractivity contribution in [3.63, 3.8) is 0 Å². The van der Waals surface area contributed by atoms with Crippen molar-refractivity contribution in [3.05, 3.63) is 18.1 Å². The molecule has 33 heteroatoms. The van der Waals surface area contributed by atoms with Crippen LogP contribution in [-0.2, 0) is 96.4 Å². The third-order valence-electron chi connectivity index (χ3n) is 11.5. The van der Waals surface area contributed by atoms with Gasteiger partial charge in [0.15, 0.2) is 5.69 Å². The van der Waals surface area contributed by atoms with Crippen LogP contribution in [0.4, 0.5) is 19.0 Å². The predicted molar refractivity (Wildman–Crippen MR) is 280 cm³/mol. The summed E-state index contributed by atoms with van der Waals surface area (Å²) >= 11 is 0. The first-order valence-corrected chi connectivity index (χ1v) is 27.4. The maximum Gasteiger partial charge on any atom is 0.434 e. The number of hydrogen-bond donors (Lipinski definition) is 9. The number of hydrogen-bond acceptors (Lipinski definition) is 26. The highest BCUT2D eigenvalue weighted by atomic mass is 19.4. The number of nitrogens with two attached hydrogens (primary N) is 1. The second-order valence-electron chi connectivity index (χ2n) is 18.3. The second-order valence-corrected chi connectivity index (χ2v) is 18.3. The molecule has 0 aromatic carbocycles. The van der Waals surface area contributed by atoms with Crippen LogP contribution in [0.1, 0.15) is 25.0 Å². The first-order valence-electron chi connectivity index (χ1n) is 27.4. The number of halogens is 3. The van der Waals surface area contributed by atoms with Gasteiger partial charge in [-0.3, -0.25) is 24.2 Å². The summed E-state index contributed by atoms with van der Waals surface area (Å²) < 4.78 is 121. The lowest BCUT2D eigenvalue weighted by molar-refractivity contribution is -0.161. The lowest BCUT2D eigenvalue weighted by Crippen LogP contribution is -2.57. The third kappa shape index (κ3) is 36.4. The van der Waals surface area contributed by atoms with E-state index < -0.39 is 72.4 Å². The van der Waals surface area contributed by atoms with Gasteiger partial charge in [-0.25, -0.2) is 4.98 Å². The van der Waals surface area contributed by atoms with E-state index in [2.05, 4.69) is 31.2 Å². The van der Waals surface area contributed by atoms with Crippen LogP contribution in [0.5, 0.6) is 0 Å². The van der Waals surface area contributed by atoms with Crippen LogP contribution in [0.25, 0.3) is 0 Å². The van der Waals surface area contributed by atoms with Crippen LogP contribution in [-0.4, -0.2) is 301 Å². The van der Waals surface area contributed by atoms with Crippen LogP contribution in [0.3, 0.4) is 0 Å². The largest absolute Gasteiger partial charge is 0.434 e. The number of alkyl halides is 3. The van der Waals surface area contributed by atoms with Crippen molar-refractivity contribution in [2.75, 3.05) is 203 Å². The van der Waals surface area contributed by atoms with Crippen molar-refractivity contribution in [2.45, 2.75) is 74.1 Å². The quantitative estimate of drug-likeness (QED) is 0.0282. The number of carbonyl (C=O) groups excluding carboxylic acids is 4. The fourth-order valence-electron chi connectivity index (χ4n) is 7.20. The van der Waals surface area contributed by atoms with Crippen molar-refractivity contribution >= 4 is 29.4 Å². The minimum Gasteiger partial charge on any atom is -0.390 e. The summed E-state index contributed by atoms with van der Waals surface area (Å²) in [7, 11) is 0. The number of nitrogens with zero attached hydrogens (tertiary/aromatic N) is 2. The number of rotatable bonds is 51. The molecular weight excluding hydrogens is 1120 g/mol. The van der Waals surface area contributed by atoms with E-state index in [4.69, 9.17) is 76.8 Å². The molecule has 0 bridgehead atoms. The molecule has 2 fully saturated rings. The molecule has 0 saturated carbocycles. The molecule has 1 aromatic heterocycles. The molecule has 3 heterocycles. The molecule has 2 aliphatic heterocycles. The van der Waals surface area contributed by atoms with Crippen LogP contribution in [0.15, 0.2) is 12.4 Å². The van der Waals surface area contributed by atoms with Crippen LogP contribution >= 0.6 is 0 Å². The normalized spacial score (nSPS) is 20.4. The second kappa shape index (κ2) is 46.1. The minimum atomic E-state index is -4.70. The lowest BCUT2D eigenvalue weighted by atomic mass is 9.98. The van der Waals surface area contributed by atoms with Gasteiger partial charge in [0, 0.05) is 32.5 Å². The fourth-order valence-corrected chi connectivity index (χ4v) is 7.20. The minimum absolute atomic E-state index is 0.00547. The Balaban J connectivity index is 1.16. The van der Waals surface area contributed by atoms with Gasteiger partial charge in [-0.15, -0.1) is 0 Å². The van der Waals surface area contributed by atoms with E-state index in [9.17, 15) is 52.8 Å². The highest BCUT2D eigenvalue weighted by Crippen LogP contribution is 2.28. The number of amides is 4. The number of aromatic nitrogens is 2. The van der Waals surface area contributed by atoms with Crippen molar-refractivity contribution < 1.29 is 124 Å². The molecule has 0 radical (unpaired) electrons. The van der Waals surface area contributed by atoms with E-state index >= 15 is 0 Å². The molecule has 1 unspecified atom stereocenters. The summed E-state index contributed by atoms with van der Waals surface area (Å²) in [6.07, 6.45) is -8.61. The zero-order chi connectivity index (χ0) is 60.2. The van der Waals surface area contributed by atoms with Gasteiger partial charge in [0.2, 0.25) is 23.6 Å². The maximum atomic E-state index is 13.0. The van der Waals surface area contributed by atoms with Crippen molar-refractivity contribution in [3.8, 4) is 0 Å². The van der Waals surface area contributed by atoms with Gasteiger partial charge in [-0.2, -0.15) is 13.2 Å². The fraction of sp³-hybridized carbons (Fsp3) is 0.840. The highest BCUT2D eigenvalue weighted by Gasteiger charge is 2.39. The highest BCUT2D eigenvalue weighted by molar-refractivity contribution is 5.77. The molecule has 3 rings (SSSR count). The molecule has 0 spiro atoms.